The average Bonchev–Trinajstić information content (AvgIpc) is 2.34. The van der Waals surface area contributed by atoms with E-state index in [0.717, 1.165) is 26.1 Å². The Bertz CT molecular complexity index is 280. The SMILES string of the molecule is NCCCCCNCC=Cc1ccccc1. The maximum absolute atomic E-state index is 5.42. The van der Waals surface area contributed by atoms with Crippen LogP contribution in [0.1, 0.15) is 24.8 Å². The summed E-state index contributed by atoms with van der Waals surface area (Å²) in [6, 6.07) is 10.4. The van der Waals surface area contributed by atoms with Crippen LogP contribution in [0.3, 0.4) is 0 Å². The molecule has 0 heterocycles. The number of rotatable bonds is 8. The highest BCUT2D eigenvalue weighted by molar-refractivity contribution is 5.48. The van der Waals surface area contributed by atoms with E-state index in [0.29, 0.717) is 0 Å². The van der Waals surface area contributed by atoms with Crippen molar-refractivity contribution in [2.75, 3.05) is 19.6 Å². The van der Waals surface area contributed by atoms with Gasteiger partial charge in [-0.25, -0.2) is 0 Å². The zero-order valence-corrected chi connectivity index (χ0v) is 9.86. The van der Waals surface area contributed by atoms with E-state index in [1.165, 1.54) is 18.4 Å². The first kappa shape index (κ1) is 12.9. The summed E-state index contributed by atoms with van der Waals surface area (Å²) < 4.78 is 0. The van der Waals surface area contributed by atoms with Gasteiger partial charge < -0.3 is 11.1 Å². The average molecular weight is 218 g/mol. The van der Waals surface area contributed by atoms with E-state index in [-0.39, 0.29) is 0 Å². The van der Waals surface area contributed by atoms with Crippen molar-refractivity contribution in [1.82, 2.24) is 5.32 Å². The molecule has 1 aromatic carbocycles. The van der Waals surface area contributed by atoms with Crippen molar-refractivity contribution in [2.45, 2.75) is 19.3 Å². The van der Waals surface area contributed by atoms with Gasteiger partial charge in [-0.15, -0.1) is 0 Å². The minimum atomic E-state index is 0.813. The van der Waals surface area contributed by atoms with Gasteiger partial charge in [0.1, 0.15) is 0 Å². The maximum Gasteiger partial charge on any atom is 0.0138 e. The minimum Gasteiger partial charge on any atom is -0.330 e. The highest BCUT2D eigenvalue weighted by Gasteiger charge is 1.86. The molecule has 0 aliphatic carbocycles. The molecule has 0 radical (unpaired) electrons. The lowest BCUT2D eigenvalue weighted by Gasteiger charge is -2.00. The summed E-state index contributed by atoms with van der Waals surface area (Å²) in [5.41, 5.74) is 6.68. The summed E-state index contributed by atoms with van der Waals surface area (Å²) in [4.78, 5) is 0. The van der Waals surface area contributed by atoms with Crippen LogP contribution < -0.4 is 11.1 Å². The molecule has 16 heavy (non-hydrogen) atoms. The molecule has 0 saturated heterocycles. The summed E-state index contributed by atoms with van der Waals surface area (Å²) in [7, 11) is 0. The molecule has 0 aromatic heterocycles. The number of benzene rings is 1. The third-order valence-electron chi connectivity index (χ3n) is 2.43. The van der Waals surface area contributed by atoms with Crippen molar-refractivity contribution in [1.29, 1.82) is 0 Å². The minimum absolute atomic E-state index is 0.813. The summed E-state index contributed by atoms with van der Waals surface area (Å²) in [6.07, 6.45) is 7.90. The van der Waals surface area contributed by atoms with Gasteiger partial charge in [0.15, 0.2) is 0 Å². The molecule has 2 nitrogen and oxygen atoms in total. The van der Waals surface area contributed by atoms with E-state index in [1.807, 2.05) is 6.07 Å². The standard InChI is InChI=1S/C14H22N2/c15-11-5-2-6-12-16-13-7-10-14-8-3-1-4-9-14/h1,3-4,7-10,16H,2,5-6,11-13,15H2. The molecule has 88 valence electrons. The van der Waals surface area contributed by atoms with Gasteiger partial charge in [-0.1, -0.05) is 48.9 Å². The van der Waals surface area contributed by atoms with Crippen LogP contribution in [0.25, 0.3) is 6.08 Å². The fourth-order valence-corrected chi connectivity index (χ4v) is 1.52. The molecule has 2 heteroatoms. The van der Waals surface area contributed by atoms with Crippen molar-refractivity contribution in [3.05, 3.63) is 42.0 Å². The monoisotopic (exact) mass is 218 g/mol. The van der Waals surface area contributed by atoms with Gasteiger partial charge in [-0.2, -0.15) is 0 Å². The van der Waals surface area contributed by atoms with E-state index in [9.17, 15) is 0 Å². The molecule has 0 atom stereocenters. The molecule has 0 spiro atoms. The summed E-state index contributed by atoms with van der Waals surface area (Å²) >= 11 is 0. The molecule has 0 unspecified atom stereocenters. The van der Waals surface area contributed by atoms with Gasteiger partial charge in [0, 0.05) is 6.54 Å². The molecule has 0 amide bonds. The Balaban J connectivity index is 2.01. The van der Waals surface area contributed by atoms with Crippen molar-refractivity contribution >= 4 is 6.08 Å². The van der Waals surface area contributed by atoms with E-state index in [2.05, 4.69) is 41.7 Å². The number of nitrogens with one attached hydrogen (secondary N) is 1. The van der Waals surface area contributed by atoms with E-state index < -0.39 is 0 Å². The second kappa shape index (κ2) is 9.13. The lowest BCUT2D eigenvalue weighted by atomic mass is 10.2. The molecule has 0 bridgehead atoms. The molecule has 0 aliphatic rings. The van der Waals surface area contributed by atoms with Crippen LogP contribution in [0.15, 0.2) is 36.4 Å². The normalized spacial score (nSPS) is 11.1. The zero-order chi connectivity index (χ0) is 11.5. The van der Waals surface area contributed by atoms with E-state index >= 15 is 0 Å². The predicted octanol–water partition coefficient (Wildman–Crippen LogP) is 2.42. The molecule has 1 aromatic rings. The fraction of sp³-hybridized carbons (Fsp3) is 0.429. The second-order valence-corrected chi connectivity index (χ2v) is 3.87. The summed E-state index contributed by atoms with van der Waals surface area (Å²) in [5.74, 6) is 0. The Kier molecular flexibility index (Phi) is 7.39. The largest absolute Gasteiger partial charge is 0.330 e. The lowest BCUT2D eigenvalue weighted by Crippen LogP contribution is -2.15. The van der Waals surface area contributed by atoms with Gasteiger partial charge in [0.2, 0.25) is 0 Å². The summed E-state index contributed by atoms with van der Waals surface area (Å²) in [5, 5.41) is 3.39. The summed E-state index contributed by atoms with van der Waals surface area (Å²) in [6.45, 7) is 2.84. The van der Waals surface area contributed by atoms with Crippen LogP contribution in [-0.2, 0) is 0 Å². The second-order valence-electron chi connectivity index (χ2n) is 3.87. The van der Waals surface area contributed by atoms with Crippen molar-refractivity contribution in [3.63, 3.8) is 0 Å². The van der Waals surface area contributed by atoms with Crippen LogP contribution in [0.4, 0.5) is 0 Å². The third kappa shape index (κ3) is 6.38. The Morgan fingerprint density at radius 2 is 1.88 bits per heavy atom. The molecule has 0 saturated carbocycles. The number of unbranched alkanes of at least 4 members (excludes halogenated alkanes) is 2. The smallest absolute Gasteiger partial charge is 0.0138 e. The van der Waals surface area contributed by atoms with Crippen LogP contribution in [0, 0.1) is 0 Å². The quantitative estimate of drug-likeness (QED) is 0.658. The Morgan fingerprint density at radius 1 is 1.06 bits per heavy atom. The van der Waals surface area contributed by atoms with Gasteiger partial charge in [-0.05, 0) is 31.5 Å². The first-order valence-electron chi connectivity index (χ1n) is 6.06. The molecular weight excluding hydrogens is 196 g/mol. The molecule has 0 aliphatic heterocycles. The predicted molar refractivity (Wildman–Crippen MR) is 71.3 cm³/mol. The van der Waals surface area contributed by atoms with E-state index in [1.54, 1.807) is 0 Å². The first-order valence-corrected chi connectivity index (χ1v) is 6.06. The van der Waals surface area contributed by atoms with Crippen LogP contribution in [0.2, 0.25) is 0 Å². The maximum atomic E-state index is 5.42. The zero-order valence-electron chi connectivity index (χ0n) is 9.86. The third-order valence-corrected chi connectivity index (χ3v) is 2.43. The Morgan fingerprint density at radius 3 is 2.62 bits per heavy atom. The van der Waals surface area contributed by atoms with Crippen molar-refractivity contribution in [3.8, 4) is 0 Å². The van der Waals surface area contributed by atoms with E-state index in [4.69, 9.17) is 5.73 Å². The topological polar surface area (TPSA) is 38.0 Å². The highest BCUT2D eigenvalue weighted by atomic mass is 14.8. The van der Waals surface area contributed by atoms with Gasteiger partial charge in [-0.3, -0.25) is 0 Å². The molecule has 3 N–H and O–H groups in total. The molecular formula is C14H22N2. The molecule has 0 fully saturated rings. The van der Waals surface area contributed by atoms with Crippen LogP contribution >= 0.6 is 0 Å². The van der Waals surface area contributed by atoms with Crippen LogP contribution in [0.5, 0.6) is 0 Å². The Hall–Kier alpha value is -1.12. The van der Waals surface area contributed by atoms with Crippen molar-refractivity contribution < 1.29 is 0 Å². The first-order chi connectivity index (χ1) is 7.93. The van der Waals surface area contributed by atoms with Gasteiger partial charge in [0.25, 0.3) is 0 Å². The molecule has 1 rings (SSSR count). The van der Waals surface area contributed by atoms with Crippen molar-refractivity contribution in [2.24, 2.45) is 5.73 Å². The van der Waals surface area contributed by atoms with Crippen LogP contribution in [-0.4, -0.2) is 19.6 Å². The number of hydrogen-bond acceptors (Lipinski definition) is 2. The van der Waals surface area contributed by atoms with Gasteiger partial charge in [0.05, 0.1) is 0 Å². The Labute approximate surface area is 98.6 Å². The highest BCUT2D eigenvalue weighted by Crippen LogP contribution is 1.99. The number of hydrogen-bond donors (Lipinski definition) is 2. The number of nitrogens with two attached hydrogens (primary N) is 1. The lowest BCUT2D eigenvalue weighted by molar-refractivity contribution is 0.632. The van der Waals surface area contributed by atoms with Gasteiger partial charge >= 0.3 is 0 Å². The fourth-order valence-electron chi connectivity index (χ4n) is 1.52.